The van der Waals surface area contributed by atoms with Gasteiger partial charge in [-0.25, -0.2) is 9.13 Å². The van der Waals surface area contributed by atoms with E-state index >= 15 is 0 Å². The maximum absolute atomic E-state index is 6.24. The summed E-state index contributed by atoms with van der Waals surface area (Å²) < 4.78 is 9.71. The molecule has 3 rings (SSSR count). The van der Waals surface area contributed by atoms with Crippen LogP contribution in [0.15, 0.2) is 36.4 Å². The molecule has 0 bridgehead atoms. The molecular formula is C20H21Cl2N2O+. The molecule has 0 saturated heterocycles. The van der Waals surface area contributed by atoms with Gasteiger partial charge in [0.15, 0.2) is 11.0 Å². The van der Waals surface area contributed by atoms with Crippen molar-refractivity contribution in [2.24, 2.45) is 0 Å². The molecule has 0 aliphatic rings. The lowest BCUT2D eigenvalue weighted by molar-refractivity contribution is -0.670. The molecule has 3 nitrogen and oxygen atoms in total. The first kappa shape index (κ1) is 17.8. The SMILES string of the molecule is CCn1c(C=Cc2ccc(OC)cc2)[n+](CC)c2cc(Cl)c(Cl)cc21. The molecule has 5 heteroatoms. The predicted molar refractivity (Wildman–Crippen MR) is 105 cm³/mol. The molecule has 25 heavy (non-hydrogen) atoms. The zero-order valence-corrected chi connectivity index (χ0v) is 16.1. The third kappa shape index (κ3) is 3.39. The minimum atomic E-state index is 0.579. The normalized spacial score (nSPS) is 11.6. The van der Waals surface area contributed by atoms with Gasteiger partial charge >= 0.3 is 0 Å². The number of fused-ring (bicyclic) bond motifs is 1. The first-order chi connectivity index (χ1) is 12.1. The second-order valence-corrected chi connectivity index (χ2v) is 6.52. The molecule has 0 amide bonds. The highest BCUT2D eigenvalue weighted by molar-refractivity contribution is 6.42. The maximum Gasteiger partial charge on any atom is 0.282 e. The third-order valence-corrected chi connectivity index (χ3v) is 5.05. The van der Waals surface area contributed by atoms with E-state index in [2.05, 4.69) is 35.1 Å². The molecule has 1 heterocycles. The minimum Gasteiger partial charge on any atom is -0.497 e. The number of ether oxygens (including phenoxy) is 1. The Bertz CT molecular complexity index is 880. The molecule has 0 unspecified atom stereocenters. The fraction of sp³-hybridized carbons (Fsp3) is 0.250. The summed E-state index contributed by atoms with van der Waals surface area (Å²) in [5.74, 6) is 1.97. The molecule has 0 spiro atoms. The molecule has 0 saturated carbocycles. The number of hydrogen-bond acceptors (Lipinski definition) is 1. The van der Waals surface area contributed by atoms with Crippen molar-refractivity contribution in [1.29, 1.82) is 0 Å². The summed E-state index contributed by atoms with van der Waals surface area (Å²) in [6, 6.07) is 11.9. The molecule has 0 atom stereocenters. The third-order valence-electron chi connectivity index (χ3n) is 4.33. The van der Waals surface area contributed by atoms with E-state index < -0.39 is 0 Å². The monoisotopic (exact) mass is 375 g/mol. The molecule has 0 fully saturated rings. The Labute approximate surface area is 158 Å². The van der Waals surface area contributed by atoms with E-state index in [1.54, 1.807) is 7.11 Å². The number of halogens is 2. The first-order valence-corrected chi connectivity index (χ1v) is 9.07. The van der Waals surface area contributed by atoms with Crippen molar-refractivity contribution >= 4 is 46.4 Å². The van der Waals surface area contributed by atoms with Crippen LogP contribution in [-0.2, 0) is 13.1 Å². The van der Waals surface area contributed by atoms with Crippen LogP contribution in [0.25, 0.3) is 23.2 Å². The zero-order valence-electron chi connectivity index (χ0n) is 14.6. The van der Waals surface area contributed by atoms with Gasteiger partial charge in [0.05, 0.1) is 30.2 Å². The maximum atomic E-state index is 6.24. The van der Waals surface area contributed by atoms with Crippen molar-refractivity contribution in [3.8, 4) is 5.75 Å². The van der Waals surface area contributed by atoms with Crippen molar-refractivity contribution in [2.75, 3.05) is 7.11 Å². The fourth-order valence-electron chi connectivity index (χ4n) is 3.08. The fourth-order valence-corrected chi connectivity index (χ4v) is 3.40. The van der Waals surface area contributed by atoms with Crippen LogP contribution in [0.2, 0.25) is 10.0 Å². The van der Waals surface area contributed by atoms with Crippen molar-refractivity contribution < 1.29 is 9.30 Å². The topological polar surface area (TPSA) is 18.0 Å². The number of aryl methyl sites for hydroxylation is 2. The number of methoxy groups -OCH3 is 1. The molecule has 2 aromatic carbocycles. The van der Waals surface area contributed by atoms with Gasteiger partial charge < -0.3 is 4.74 Å². The molecule has 0 aliphatic heterocycles. The molecule has 1 aromatic heterocycles. The lowest BCUT2D eigenvalue weighted by atomic mass is 10.2. The van der Waals surface area contributed by atoms with E-state index in [1.807, 2.05) is 36.4 Å². The van der Waals surface area contributed by atoms with Crippen molar-refractivity contribution in [2.45, 2.75) is 26.9 Å². The molecule has 0 N–H and O–H groups in total. The highest BCUT2D eigenvalue weighted by Gasteiger charge is 2.22. The van der Waals surface area contributed by atoms with Gasteiger partial charge in [0.2, 0.25) is 0 Å². The Morgan fingerprint density at radius 3 is 2.32 bits per heavy atom. The van der Waals surface area contributed by atoms with Crippen LogP contribution >= 0.6 is 23.2 Å². The summed E-state index contributed by atoms with van der Waals surface area (Å²) in [5, 5.41) is 1.16. The highest BCUT2D eigenvalue weighted by Crippen LogP contribution is 2.28. The van der Waals surface area contributed by atoms with Crippen LogP contribution in [0, 0.1) is 0 Å². The Kier molecular flexibility index (Phi) is 5.36. The van der Waals surface area contributed by atoms with Gasteiger partial charge in [-0.2, -0.15) is 0 Å². The van der Waals surface area contributed by atoms with E-state index in [4.69, 9.17) is 27.9 Å². The van der Waals surface area contributed by atoms with Crippen LogP contribution in [-0.4, -0.2) is 11.7 Å². The molecule has 130 valence electrons. The van der Waals surface area contributed by atoms with E-state index in [0.29, 0.717) is 10.0 Å². The van der Waals surface area contributed by atoms with E-state index in [-0.39, 0.29) is 0 Å². The zero-order chi connectivity index (χ0) is 18.0. The summed E-state index contributed by atoms with van der Waals surface area (Å²) >= 11 is 12.5. The summed E-state index contributed by atoms with van der Waals surface area (Å²) in [5.41, 5.74) is 3.30. The Morgan fingerprint density at radius 1 is 1.04 bits per heavy atom. The van der Waals surface area contributed by atoms with Gasteiger partial charge in [-0.05, 0) is 37.6 Å². The second kappa shape index (κ2) is 7.51. The van der Waals surface area contributed by atoms with Crippen LogP contribution in [0.1, 0.15) is 25.2 Å². The van der Waals surface area contributed by atoms with Crippen LogP contribution in [0.3, 0.4) is 0 Å². The van der Waals surface area contributed by atoms with Gasteiger partial charge in [-0.15, -0.1) is 0 Å². The first-order valence-electron chi connectivity index (χ1n) is 8.32. The standard InChI is InChI=1S/C20H21Cl2N2O/c1-4-23-18-12-16(21)17(22)13-19(18)24(5-2)20(23)11-8-14-6-9-15(25-3)10-7-14/h6-13H,4-5H2,1-3H3/q+1. The van der Waals surface area contributed by atoms with Gasteiger partial charge in [0, 0.05) is 18.2 Å². The van der Waals surface area contributed by atoms with E-state index in [1.165, 1.54) is 0 Å². The minimum absolute atomic E-state index is 0.579. The number of benzene rings is 2. The smallest absolute Gasteiger partial charge is 0.282 e. The van der Waals surface area contributed by atoms with Crippen LogP contribution in [0.4, 0.5) is 0 Å². The average Bonchev–Trinajstić information content (AvgIpc) is 2.92. The Morgan fingerprint density at radius 2 is 1.72 bits per heavy atom. The van der Waals surface area contributed by atoms with Crippen molar-refractivity contribution in [1.82, 2.24) is 4.57 Å². The van der Waals surface area contributed by atoms with Crippen molar-refractivity contribution in [3.05, 3.63) is 57.8 Å². The van der Waals surface area contributed by atoms with Crippen LogP contribution in [0.5, 0.6) is 5.75 Å². The summed E-state index contributed by atoms with van der Waals surface area (Å²) in [6.45, 7) is 5.97. The number of imidazole rings is 1. The number of aromatic nitrogens is 2. The van der Waals surface area contributed by atoms with Gasteiger partial charge in [0.25, 0.3) is 5.82 Å². The van der Waals surface area contributed by atoms with E-state index in [0.717, 1.165) is 41.3 Å². The second-order valence-electron chi connectivity index (χ2n) is 5.71. The predicted octanol–water partition coefficient (Wildman–Crippen LogP) is 5.45. The summed E-state index contributed by atoms with van der Waals surface area (Å²) in [7, 11) is 1.67. The lowest BCUT2D eigenvalue weighted by Gasteiger charge is -2.00. The molecular weight excluding hydrogens is 355 g/mol. The van der Waals surface area contributed by atoms with Gasteiger partial charge in [-0.3, -0.25) is 0 Å². The number of rotatable bonds is 5. The highest BCUT2D eigenvalue weighted by atomic mass is 35.5. The van der Waals surface area contributed by atoms with E-state index in [9.17, 15) is 0 Å². The number of hydrogen-bond donors (Lipinski definition) is 0. The lowest BCUT2D eigenvalue weighted by Crippen LogP contribution is -2.35. The number of nitrogens with zero attached hydrogens (tertiary/aromatic N) is 2. The molecule has 0 radical (unpaired) electrons. The Hall–Kier alpha value is -1.97. The average molecular weight is 376 g/mol. The van der Waals surface area contributed by atoms with Crippen LogP contribution < -0.4 is 9.30 Å². The van der Waals surface area contributed by atoms with Gasteiger partial charge in [0.1, 0.15) is 5.75 Å². The Balaban J connectivity index is 2.11. The largest absolute Gasteiger partial charge is 0.497 e. The molecule has 0 aliphatic carbocycles. The summed E-state index contributed by atoms with van der Waals surface area (Å²) in [6.07, 6.45) is 4.24. The molecule has 3 aromatic rings. The van der Waals surface area contributed by atoms with Crippen molar-refractivity contribution in [3.63, 3.8) is 0 Å². The van der Waals surface area contributed by atoms with Gasteiger partial charge in [-0.1, -0.05) is 35.3 Å². The quantitative estimate of drug-likeness (QED) is 0.541. The summed E-state index contributed by atoms with van der Waals surface area (Å²) in [4.78, 5) is 0.